The van der Waals surface area contributed by atoms with E-state index in [1.807, 2.05) is 0 Å². The molecule has 0 saturated carbocycles. The van der Waals surface area contributed by atoms with E-state index in [0.717, 1.165) is 6.07 Å². The smallest absolute Gasteiger partial charge is 0.156 e. The molecule has 0 fully saturated rings. The molecule has 0 amide bonds. The van der Waals surface area contributed by atoms with Crippen LogP contribution in [0.5, 0.6) is 5.75 Å². The third kappa shape index (κ3) is 2.16. The highest BCUT2D eigenvalue weighted by Gasteiger charge is 2.11. The maximum Gasteiger partial charge on any atom is 0.156 e. The van der Waals surface area contributed by atoms with Crippen molar-refractivity contribution in [1.82, 2.24) is 0 Å². The third-order valence-electron chi connectivity index (χ3n) is 1.53. The van der Waals surface area contributed by atoms with Crippen molar-refractivity contribution in [2.75, 3.05) is 6.61 Å². The SMILES string of the molecule is C=CCOc1cc(F)cc(F)c1C=O. The Kier molecular flexibility index (Phi) is 3.34. The van der Waals surface area contributed by atoms with Crippen LogP contribution in [0.3, 0.4) is 0 Å². The van der Waals surface area contributed by atoms with E-state index >= 15 is 0 Å². The van der Waals surface area contributed by atoms with E-state index in [1.165, 1.54) is 6.08 Å². The lowest BCUT2D eigenvalue weighted by molar-refractivity contribution is 0.111. The van der Waals surface area contributed by atoms with Gasteiger partial charge in [-0.1, -0.05) is 12.7 Å². The Hall–Kier alpha value is -1.71. The van der Waals surface area contributed by atoms with Crippen molar-refractivity contribution in [3.05, 3.63) is 42.0 Å². The summed E-state index contributed by atoms with van der Waals surface area (Å²) < 4.78 is 30.6. The van der Waals surface area contributed by atoms with E-state index in [9.17, 15) is 13.6 Å². The fourth-order valence-electron chi connectivity index (χ4n) is 0.944. The van der Waals surface area contributed by atoms with Crippen LogP contribution in [0.4, 0.5) is 8.78 Å². The highest BCUT2D eigenvalue weighted by Crippen LogP contribution is 2.21. The molecule has 1 aromatic carbocycles. The van der Waals surface area contributed by atoms with Crippen LogP contribution in [0.15, 0.2) is 24.8 Å². The minimum absolute atomic E-state index is 0.0870. The Morgan fingerprint density at radius 1 is 1.43 bits per heavy atom. The fraction of sp³-hybridized carbons (Fsp3) is 0.100. The lowest BCUT2D eigenvalue weighted by Crippen LogP contribution is -2.00. The van der Waals surface area contributed by atoms with Crippen LogP contribution < -0.4 is 4.74 Å². The van der Waals surface area contributed by atoms with Crippen molar-refractivity contribution >= 4 is 6.29 Å². The van der Waals surface area contributed by atoms with E-state index in [1.54, 1.807) is 0 Å². The van der Waals surface area contributed by atoms with Crippen molar-refractivity contribution in [3.8, 4) is 5.75 Å². The largest absolute Gasteiger partial charge is 0.489 e. The minimum Gasteiger partial charge on any atom is -0.489 e. The van der Waals surface area contributed by atoms with Gasteiger partial charge in [0.15, 0.2) is 6.29 Å². The van der Waals surface area contributed by atoms with Gasteiger partial charge in [-0.25, -0.2) is 8.78 Å². The number of ether oxygens (including phenoxy) is 1. The quantitative estimate of drug-likeness (QED) is 0.548. The maximum atomic E-state index is 13.0. The van der Waals surface area contributed by atoms with E-state index in [0.29, 0.717) is 6.07 Å². The molecule has 0 aliphatic carbocycles. The summed E-state index contributed by atoms with van der Waals surface area (Å²) in [5.74, 6) is -1.83. The van der Waals surface area contributed by atoms with E-state index in [2.05, 4.69) is 6.58 Å². The van der Waals surface area contributed by atoms with Gasteiger partial charge in [-0.2, -0.15) is 0 Å². The Bertz CT molecular complexity index is 361. The van der Waals surface area contributed by atoms with Gasteiger partial charge in [0.1, 0.15) is 24.0 Å². The second-order valence-corrected chi connectivity index (χ2v) is 2.52. The van der Waals surface area contributed by atoms with Crippen LogP contribution in [-0.4, -0.2) is 12.9 Å². The Labute approximate surface area is 79.8 Å². The molecule has 0 aliphatic heterocycles. The molecule has 74 valence electrons. The normalized spacial score (nSPS) is 9.57. The van der Waals surface area contributed by atoms with E-state index < -0.39 is 11.6 Å². The van der Waals surface area contributed by atoms with Crippen LogP contribution in [0, 0.1) is 11.6 Å². The molecule has 0 radical (unpaired) electrons. The average molecular weight is 198 g/mol. The van der Waals surface area contributed by atoms with Gasteiger partial charge in [-0.15, -0.1) is 0 Å². The first-order chi connectivity index (χ1) is 6.69. The van der Waals surface area contributed by atoms with Crippen LogP contribution in [0.25, 0.3) is 0 Å². The molecule has 14 heavy (non-hydrogen) atoms. The van der Waals surface area contributed by atoms with Gasteiger partial charge in [-0.05, 0) is 0 Å². The number of carbonyl (C=O) groups is 1. The minimum atomic E-state index is -0.931. The molecule has 0 aliphatic rings. The molecule has 0 N–H and O–H groups in total. The summed E-state index contributed by atoms with van der Waals surface area (Å²) in [4.78, 5) is 10.5. The molecule has 0 heterocycles. The summed E-state index contributed by atoms with van der Waals surface area (Å²) in [6.45, 7) is 3.46. The van der Waals surface area contributed by atoms with Crippen molar-refractivity contribution in [3.63, 3.8) is 0 Å². The Morgan fingerprint density at radius 2 is 2.14 bits per heavy atom. The number of hydrogen-bond donors (Lipinski definition) is 0. The van der Waals surface area contributed by atoms with Gasteiger partial charge in [0.05, 0.1) is 5.56 Å². The van der Waals surface area contributed by atoms with Crippen molar-refractivity contribution in [2.24, 2.45) is 0 Å². The zero-order chi connectivity index (χ0) is 10.6. The van der Waals surface area contributed by atoms with Crippen molar-refractivity contribution in [2.45, 2.75) is 0 Å². The fourth-order valence-corrected chi connectivity index (χ4v) is 0.944. The second-order valence-electron chi connectivity index (χ2n) is 2.52. The number of halogens is 2. The molecular formula is C10H8F2O2. The standard InChI is InChI=1S/C10H8F2O2/c1-2-3-14-10-5-7(11)4-9(12)8(10)6-13/h2,4-6H,1,3H2. The number of aldehydes is 1. The first-order valence-corrected chi connectivity index (χ1v) is 3.87. The van der Waals surface area contributed by atoms with Crippen molar-refractivity contribution < 1.29 is 18.3 Å². The van der Waals surface area contributed by atoms with Crippen LogP contribution in [-0.2, 0) is 0 Å². The first-order valence-electron chi connectivity index (χ1n) is 3.87. The summed E-state index contributed by atoms with van der Waals surface area (Å²) in [5.41, 5.74) is -0.284. The zero-order valence-electron chi connectivity index (χ0n) is 7.30. The zero-order valence-corrected chi connectivity index (χ0v) is 7.30. The summed E-state index contributed by atoms with van der Waals surface area (Å²) in [5, 5.41) is 0. The van der Waals surface area contributed by atoms with Crippen LogP contribution >= 0.6 is 0 Å². The number of hydrogen-bond acceptors (Lipinski definition) is 2. The van der Waals surface area contributed by atoms with Crippen LogP contribution in [0.1, 0.15) is 10.4 Å². The molecule has 1 rings (SSSR count). The second kappa shape index (κ2) is 4.50. The molecule has 0 unspecified atom stereocenters. The summed E-state index contributed by atoms with van der Waals surface area (Å²) in [6.07, 6.45) is 1.70. The molecule has 0 aromatic heterocycles. The molecular weight excluding hydrogens is 190 g/mol. The highest BCUT2D eigenvalue weighted by molar-refractivity contribution is 5.79. The predicted molar refractivity (Wildman–Crippen MR) is 47.4 cm³/mol. The lowest BCUT2D eigenvalue weighted by Gasteiger charge is -2.06. The lowest BCUT2D eigenvalue weighted by atomic mass is 10.2. The Balaban J connectivity index is 3.10. The van der Waals surface area contributed by atoms with E-state index in [-0.39, 0.29) is 24.2 Å². The number of rotatable bonds is 4. The van der Waals surface area contributed by atoms with E-state index in [4.69, 9.17) is 4.74 Å². The maximum absolute atomic E-state index is 13.0. The van der Waals surface area contributed by atoms with Gasteiger partial charge in [0.2, 0.25) is 0 Å². The molecule has 4 heteroatoms. The number of benzene rings is 1. The molecule has 0 atom stereocenters. The van der Waals surface area contributed by atoms with Gasteiger partial charge < -0.3 is 4.74 Å². The summed E-state index contributed by atoms with van der Waals surface area (Å²) in [6, 6.07) is 1.58. The predicted octanol–water partition coefficient (Wildman–Crippen LogP) is 2.34. The first kappa shape index (κ1) is 10.4. The summed E-state index contributed by atoms with van der Waals surface area (Å²) >= 11 is 0. The van der Waals surface area contributed by atoms with Crippen LogP contribution in [0.2, 0.25) is 0 Å². The third-order valence-corrected chi connectivity index (χ3v) is 1.53. The van der Waals surface area contributed by atoms with Gasteiger partial charge in [0, 0.05) is 12.1 Å². The number of carbonyl (C=O) groups excluding carboxylic acids is 1. The molecule has 2 nitrogen and oxygen atoms in total. The highest BCUT2D eigenvalue weighted by atomic mass is 19.1. The average Bonchev–Trinajstić information content (AvgIpc) is 2.14. The molecule has 0 bridgehead atoms. The molecule has 0 saturated heterocycles. The topological polar surface area (TPSA) is 26.3 Å². The van der Waals surface area contributed by atoms with Gasteiger partial charge in [-0.3, -0.25) is 4.79 Å². The molecule has 1 aromatic rings. The van der Waals surface area contributed by atoms with Gasteiger partial charge in [0.25, 0.3) is 0 Å². The molecule has 0 spiro atoms. The van der Waals surface area contributed by atoms with Crippen molar-refractivity contribution in [1.29, 1.82) is 0 Å². The monoisotopic (exact) mass is 198 g/mol. The Morgan fingerprint density at radius 3 is 2.71 bits per heavy atom. The van der Waals surface area contributed by atoms with Gasteiger partial charge >= 0.3 is 0 Å². The summed E-state index contributed by atoms with van der Waals surface area (Å²) in [7, 11) is 0.